The predicted molar refractivity (Wildman–Crippen MR) is 134 cm³/mol. The summed E-state index contributed by atoms with van der Waals surface area (Å²) in [5, 5.41) is 11.2. The molecule has 0 spiro atoms. The fraction of sp³-hybridized carbons (Fsp3) is 0.500. The second-order valence-corrected chi connectivity index (χ2v) is 11.8. The molecule has 194 valence electrons. The van der Waals surface area contributed by atoms with E-state index in [0.29, 0.717) is 69.4 Å². The lowest BCUT2D eigenvalue weighted by Crippen LogP contribution is -2.58. The first kappa shape index (κ1) is 24.4. The molecule has 2 saturated heterocycles. The van der Waals surface area contributed by atoms with Crippen LogP contribution < -0.4 is 10.3 Å². The number of hydrogen-bond donors (Lipinski definition) is 2. The average molecular weight is 517 g/mol. The van der Waals surface area contributed by atoms with Crippen molar-refractivity contribution in [3.63, 3.8) is 0 Å². The Morgan fingerprint density at radius 3 is 2.28 bits per heavy atom. The van der Waals surface area contributed by atoms with Crippen LogP contribution in [0.1, 0.15) is 23.3 Å². The largest absolute Gasteiger partial charge is 0.388 e. The smallest absolute Gasteiger partial charge is 0.320 e. The molecule has 0 bridgehead atoms. The second-order valence-electron chi connectivity index (χ2n) is 9.82. The molecule has 2 N–H and O–H groups in total. The van der Waals surface area contributed by atoms with E-state index in [0.717, 1.165) is 5.69 Å². The predicted octanol–water partition coefficient (Wildman–Crippen LogP) is 0.618. The number of aliphatic hydroxyl groups is 1. The topological polar surface area (TPSA) is 118 Å². The number of likely N-dealkylation sites (tertiary alicyclic amines) is 1. The number of nitrogens with one attached hydrogen (secondary N) is 1. The van der Waals surface area contributed by atoms with E-state index in [1.165, 1.54) is 6.26 Å². The van der Waals surface area contributed by atoms with Crippen molar-refractivity contribution in [2.24, 2.45) is 0 Å². The van der Waals surface area contributed by atoms with Gasteiger partial charge < -0.3 is 30.1 Å². The number of carbonyl (C=O) groups excluding carboxylic acids is 2. The van der Waals surface area contributed by atoms with Gasteiger partial charge in [0.2, 0.25) is 0 Å². The van der Waals surface area contributed by atoms with E-state index in [4.69, 9.17) is 0 Å². The van der Waals surface area contributed by atoms with Gasteiger partial charge in [0.1, 0.15) is 12.4 Å². The molecule has 12 heteroatoms. The Hall–Kier alpha value is -3.25. The first-order chi connectivity index (χ1) is 17.1. The van der Waals surface area contributed by atoms with Gasteiger partial charge in [-0.2, -0.15) is 0 Å². The minimum atomic E-state index is -3.23. The summed E-state index contributed by atoms with van der Waals surface area (Å²) in [5.74, 6) is -0.116. The zero-order valence-electron chi connectivity index (χ0n) is 20.3. The number of anilines is 1. The molecule has 11 nitrogen and oxygen atoms in total. The maximum atomic E-state index is 13.1. The molecule has 5 rings (SSSR count). The minimum absolute atomic E-state index is 0.0299. The number of benzene rings is 1. The number of aromatic nitrogens is 1. The third-order valence-electron chi connectivity index (χ3n) is 7.32. The van der Waals surface area contributed by atoms with Crippen LogP contribution in [0, 0.1) is 0 Å². The Labute approximate surface area is 210 Å². The molecule has 2 fully saturated rings. The molecule has 4 heterocycles. The number of piperazine rings is 1. The summed E-state index contributed by atoms with van der Waals surface area (Å²) in [6, 6.07) is 10.4. The average Bonchev–Trinajstić information content (AvgIpc) is 3.35. The van der Waals surface area contributed by atoms with Crippen LogP contribution in [0.2, 0.25) is 0 Å². The summed E-state index contributed by atoms with van der Waals surface area (Å²) in [4.78, 5) is 33.5. The number of amides is 3. The van der Waals surface area contributed by atoms with Crippen molar-refractivity contribution in [1.29, 1.82) is 0 Å². The number of hydrogen-bond acceptors (Lipinski definition) is 7. The molecule has 3 aliphatic rings. The van der Waals surface area contributed by atoms with Gasteiger partial charge in [-0.1, -0.05) is 0 Å². The van der Waals surface area contributed by atoms with Crippen molar-refractivity contribution in [2.75, 3.05) is 69.1 Å². The number of β-amino-alcohol motifs (C(OH)–C–C–N with tert-alkyl or cyclic N) is 1. The van der Waals surface area contributed by atoms with Gasteiger partial charge in [-0.25, -0.2) is 13.2 Å². The van der Waals surface area contributed by atoms with Crippen LogP contribution in [0.3, 0.4) is 0 Å². The maximum absolute atomic E-state index is 13.1. The lowest BCUT2D eigenvalue weighted by Gasteiger charge is -2.44. The van der Waals surface area contributed by atoms with Crippen molar-refractivity contribution in [3.05, 3.63) is 48.3 Å². The summed E-state index contributed by atoms with van der Waals surface area (Å²) >= 11 is 0. The highest BCUT2D eigenvalue weighted by Gasteiger charge is 2.39. The first-order valence-corrected chi connectivity index (χ1v) is 14.0. The molecule has 0 saturated carbocycles. The number of urea groups is 1. The van der Waals surface area contributed by atoms with Gasteiger partial charge in [0.25, 0.3) is 5.91 Å². The van der Waals surface area contributed by atoms with E-state index in [1.54, 1.807) is 57.1 Å². The van der Waals surface area contributed by atoms with E-state index >= 15 is 0 Å². The molecule has 0 radical (unpaired) electrons. The lowest BCUT2D eigenvalue weighted by atomic mass is 9.90. The number of fused-ring (bicyclic) bond motifs is 1. The van der Waals surface area contributed by atoms with Crippen molar-refractivity contribution in [3.8, 4) is 0 Å². The van der Waals surface area contributed by atoms with Crippen LogP contribution in [-0.2, 0) is 9.84 Å². The molecule has 2 aromatic rings. The third kappa shape index (κ3) is 4.87. The van der Waals surface area contributed by atoms with Crippen LogP contribution in [0.15, 0.2) is 47.5 Å². The normalized spacial score (nSPS) is 20.2. The highest BCUT2D eigenvalue weighted by molar-refractivity contribution is 7.90. The van der Waals surface area contributed by atoms with Gasteiger partial charge >= 0.3 is 6.03 Å². The van der Waals surface area contributed by atoms with Gasteiger partial charge in [0, 0.05) is 57.4 Å². The molecule has 0 aliphatic carbocycles. The third-order valence-corrected chi connectivity index (χ3v) is 8.45. The van der Waals surface area contributed by atoms with Crippen molar-refractivity contribution >= 4 is 27.5 Å². The van der Waals surface area contributed by atoms with Crippen LogP contribution >= 0.6 is 0 Å². The highest BCUT2D eigenvalue weighted by atomic mass is 32.2. The first-order valence-electron chi connectivity index (χ1n) is 12.1. The quantitative estimate of drug-likeness (QED) is 0.612. The number of piperidine rings is 1. The van der Waals surface area contributed by atoms with Crippen LogP contribution in [-0.4, -0.2) is 109 Å². The van der Waals surface area contributed by atoms with Crippen LogP contribution in [0.4, 0.5) is 10.5 Å². The standard InChI is InChI=1S/C24H32N6O5S/c1-36(34,35)20-6-4-19(5-7-20)26-13-15-28(16-14-26)23(32)27-11-8-24(33,9-12-27)17-29-18-25-30-10-2-3-21(30)22(29)31/h2-7,10,25,33H,8-9,11-18H2,1H3. The van der Waals surface area contributed by atoms with E-state index < -0.39 is 15.4 Å². The van der Waals surface area contributed by atoms with Gasteiger partial charge in [-0.05, 0) is 49.2 Å². The molecule has 1 aromatic carbocycles. The van der Waals surface area contributed by atoms with E-state index in [2.05, 4.69) is 10.3 Å². The van der Waals surface area contributed by atoms with Gasteiger partial charge in [-0.3, -0.25) is 9.47 Å². The Kier molecular flexibility index (Phi) is 6.33. The fourth-order valence-corrected chi connectivity index (χ4v) is 5.73. The van der Waals surface area contributed by atoms with E-state index in [9.17, 15) is 23.1 Å². The summed E-state index contributed by atoms with van der Waals surface area (Å²) < 4.78 is 25.0. The zero-order chi connectivity index (χ0) is 25.5. The number of nitrogens with zero attached hydrogens (tertiary/aromatic N) is 5. The molecule has 0 unspecified atom stereocenters. The summed E-state index contributed by atoms with van der Waals surface area (Å²) in [6.07, 6.45) is 3.81. The summed E-state index contributed by atoms with van der Waals surface area (Å²) in [6.45, 7) is 3.89. The Morgan fingerprint density at radius 1 is 1.00 bits per heavy atom. The van der Waals surface area contributed by atoms with Crippen molar-refractivity contribution in [2.45, 2.75) is 23.3 Å². The molecule has 3 amide bonds. The SMILES string of the molecule is CS(=O)(=O)c1ccc(N2CCN(C(=O)N3CCC(O)(CN4CNn5cccc5C4=O)CC3)CC2)cc1. The van der Waals surface area contributed by atoms with Crippen LogP contribution in [0.25, 0.3) is 0 Å². The maximum Gasteiger partial charge on any atom is 0.320 e. The summed E-state index contributed by atoms with van der Waals surface area (Å²) in [5.41, 5.74) is 3.59. The molecule has 0 atom stereocenters. The number of rotatable bonds is 4. The van der Waals surface area contributed by atoms with Crippen molar-refractivity contribution < 1.29 is 23.1 Å². The number of carbonyl (C=O) groups is 2. The van der Waals surface area contributed by atoms with E-state index in [-0.39, 0.29) is 18.5 Å². The molecular weight excluding hydrogens is 484 g/mol. The lowest BCUT2D eigenvalue weighted by molar-refractivity contribution is -0.0364. The van der Waals surface area contributed by atoms with Gasteiger partial charge in [0.15, 0.2) is 9.84 Å². The van der Waals surface area contributed by atoms with E-state index in [1.807, 2.05) is 4.90 Å². The summed E-state index contributed by atoms with van der Waals surface area (Å²) in [7, 11) is -3.23. The molecule has 36 heavy (non-hydrogen) atoms. The molecular formula is C24H32N6O5S. The Morgan fingerprint density at radius 2 is 1.64 bits per heavy atom. The van der Waals surface area contributed by atoms with Gasteiger partial charge in [-0.15, -0.1) is 0 Å². The number of sulfone groups is 1. The minimum Gasteiger partial charge on any atom is -0.388 e. The van der Waals surface area contributed by atoms with Crippen molar-refractivity contribution in [1.82, 2.24) is 19.4 Å². The monoisotopic (exact) mass is 516 g/mol. The Bertz CT molecular complexity index is 1230. The molecule has 1 aromatic heterocycles. The molecule has 3 aliphatic heterocycles. The second kappa shape index (κ2) is 9.32. The Balaban J connectivity index is 1.11. The fourth-order valence-electron chi connectivity index (χ4n) is 5.10. The zero-order valence-corrected chi connectivity index (χ0v) is 21.2. The van der Waals surface area contributed by atoms with Crippen LogP contribution in [0.5, 0.6) is 0 Å². The van der Waals surface area contributed by atoms with Gasteiger partial charge in [0.05, 0.1) is 17.0 Å². The highest BCUT2D eigenvalue weighted by Crippen LogP contribution is 2.26.